The number of carbonyl (C=O) groups is 1. The standard InChI is InChI=1S/C21H36N4O2/c1-7-22-20(23-15-14-19(26)25(8-2)9-3)24-16-21(4,5)17-10-12-18(27-6)13-11-17/h10-13H,7-9,14-16H2,1-6H3,(H2,22,23,24). The summed E-state index contributed by atoms with van der Waals surface area (Å²) < 4.78 is 5.23. The fraction of sp³-hybridized carbons (Fsp3) is 0.619. The molecule has 6 heteroatoms. The van der Waals surface area contributed by atoms with E-state index in [4.69, 9.17) is 9.73 Å². The predicted octanol–water partition coefficient (Wildman–Crippen LogP) is 2.79. The molecule has 0 aliphatic rings. The Morgan fingerprint density at radius 1 is 1.11 bits per heavy atom. The van der Waals surface area contributed by atoms with Gasteiger partial charge in [-0.1, -0.05) is 26.0 Å². The Balaban J connectivity index is 2.66. The molecule has 0 aromatic heterocycles. The van der Waals surface area contributed by atoms with Crippen LogP contribution in [-0.4, -0.2) is 56.6 Å². The van der Waals surface area contributed by atoms with E-state index in [9.17, 15) is 4.79 Å². The molecule has 0 radical (unpaired) electrons. The first kappa shape index (κ1) is 22.8. The van der Waals surface area contributed by atoms with Gasteiger partial charge in [0.05, 0.1) is 13.7 Å². The zero-order valence-electron chi connectivity index (χ0n) is 17.8. The average Bonchev–Trinajstić information content (AvgIpc) is 2.67. The van der Waals surface area contributed by atoms with Gasteiger partial charge in [0, 0.05) is 38.0 Å². The summed E-state index contributed by atoms with van der Waals surface area (Å²) in [6, 6.07) is 8.11. The topological polar surface area (TPSA) is 66.0 Å². The van der Waals surface area contributed by atoms with Gasteiger partial charge >= 0.3 is 0 Å². The van der Waals surface area contributed by atoms with Crippen molar-refractivity contribution in [2.45, 2.75) is 46.5 Å². The molecule has 0 atom stereocenters. The molecule has 0 aliphatic carbocycles. The van der Waals surface area contributed by atoms with Gasteiger partial charge in [0.25, 0.3) is 0 Å². The van der Waals surface area contributed by atoms with E-state index in [0.717, 1.165) is 31.3 Å². The quantitative estimate of drug-likeness (QED) is 0.487. The first-order valence-corrected chi connectivity index (χ1v) is 9.82. The third-order valence-electron chi connectivity index (χ3n) is 4.60. The van der Waals surface area contributed by atoms with Crippen molar-refractivity contribution in [2.75, 3.05) is 39.8 Å². The smallest absolute Gasteiger partial charge is 0.224 e. The van der Waals surface area contributed by atoms with Gasteiger partial charge in [0.2, 0.25) is 5.91 Å². The molecule has 1 rings (SSSR count). The van der Waals surface area contributed by atoms with Crippen molar-refractivity contribution in [1.29, 1.82) is 0 Å². The van der Waals surface area contributed by atoms with Crippen molar-refractivity contribution in [3.63, 3.8) is 0 Å². The van der Waals surface area contributed by atoms with Crippen LogP contribution in [0.2, 0.25) is 0 Å². The minimum absolute atomic E-state index is 0.105. The SMILES string of the molecule is CCNC(=NCC(C)(C)c1ccc(OC)cc1)NCCC(=O)N(CC)CC. The molecule has 2 N–H and O–H groups in total. The van der Waals surface area contributed by atoms with Crippen molar-refractivity contribution >= 4 is 11.9 Å². The molecule has 152 valence electrons. The van der Waals surface area contributed by atoms with Gasteiger partial charge in [-0.25, -0.2) is 0 Å². The molecule has 0 saturated carbocycles. The van der Waals surface area contributed by atoms with Crippen LogP contribution in [0.4, 0.5) is 0 Å². The molecule has 1 amide bonds. The lowest BCUT2D eigenvalue weighted by atomic mass is 9.85. The highest BCUT2D eigenvalue weighted by molar-refractivity contribution is 5.81. The highest BCUT2D eigenvalue weighted by Crippen LogP contribution is 2.25. The van der Waals surface area contributed by atoms with Crippen molar-refractivity contribution < 1.29 is 9.53 Å². The lowest BCUT2D eigenvalue weighted by Crippen LogP contribution is -2.41. The minimum Gasteiger partial charge on any atom is -0.497 e. The molecular formula is C21H36N4O2. The van der Waals surface area contributed by atoms with Gasteiger partial charge < -0.3 is 20.3 Å². The van der Waals surface area contributed by atoms with Crippen LogP contribution in [-0.2, 0) is 10.2 Å². The largest absolute Gasteiger partial charge is 0.497 e. The molecule has 0 unspecified atom stereocenters. The number of nitrogens with zero attached hydrogens (tertiary/aromatic N) is 2. The van der Waals surface area contributed by atoms with E-state index in [1.54, 1.807) is 7.11 Å². The van der Waals surface area contributed by atoms with E-state index in [0.29, 0.717) is 19.5 Å². The van der Waals surface area contributed by atoms with Crippen molar-refractivity contribution in [1.82, 2.24) is 15.5 Å². The van der Waals surface area contributed by atoms with Crippen molar-refractivity contribution in [3.8, 4) is 5.75 Å². The van der Waals surface area contributed by atoms with Crippen LogP contribution in [0.1, 0.15) is 46.6 Å². The van der Waals surface area contributed by atoms with E-state index >= 15 is 0 Å². The number of aliphatic imine (C=N–C) groups is 1. The van der Waals surface area contributed by atoms with Gasteiger partial charge in [-0.05, 0) is 38.5 Å². The lowest BCUT2D eigenvalue weighted by Gasteiger charge is -2.24. The monoisotopic (exact) mass is 376 g/mol. The molecular weight excluding hydrogens is 340 g/mol. The molecule has 0 fully saturated rings. The van der Waals surface area contributed by atoms with Gasteiger partial charge in [0.15, 0.2) is 5.96 Å². The Labute approximate surface area is 164 Å². The molecule has 6 nitrogen and oxygen atoms in total. The molecule has 1 aromatic carbocycles. The number of rotatable bonds is 10. The van der Waals surface area contributed by atoms with E-state index in [1.165, 1.54) is 5.56 Å². The van der Waals surface area contributed by atoms with Crippen LogP contribution in [0, 0.1) is 0 Å². The first-order valence-electron chi connectivity index (χ1n) is 9.82. The Hall–Kier alpha value is -2.24. The molecule has 0 spiro atoms. The van der Waals surface area contributed by atoms with Crippen LogP contribution >= 0.6 is 0 Å². The van der Waals surface area contributed by atoms with Crippen LogP contribution < -0.4 is 15.4 Å². The number of amides is 1. The van der Waals surface area contributed by atoms with E-state index in [2.05, 4.69) is 36.6 Å². The molecule has 0 bridgehead atoms. The number of carbonyl (C=O) groups excluding carboxylic acids is 1. The predicted molar refractivity (Wildman–Crippen MR) is 113 cm³/mol. The summed E-state index contributed by atoms with van der Waals surface area (Å²) in [6.45, 7) is 13.9. The first-order chi connectivity index (χ1) is 12.9. The molecule has 1 aromatic rings. The zero-order valence-corrected chi connectivity index (χ0v) is 17.8. The summed E-state index contributed by atoms with van der Waals surface area (Å²) in [4.78, 5) is 18.7. The highest BCUT2D eigenvalue weighted by Gasteiger charge is 2.20. The highest BCUT2D eigenvalue weighted by atomic mass is 16.5. The molecule has 0 aliphatic heterocycles. The minimum atomic E-state index is -0.105. The van der Waals surface area contributed by atoms with Gasteiger partial charge in [-0.15, -0.1) is 0 Å². The number of benzene rings is 1. The Morgan fingerprint density at radius 2 is 1.74 bits per heavy atom. The average molecular weight is 377 g/mol. The third-order valence-corrected chi connectivity index (χ3v) is 4.60. The fourth-order valence-electron chi connectivity index (χ4n) is 2.77. The second-order valence-electron chi connectivity index (χ2n) is 7.05. The lowest BCUT2D eigenvalue weighted by molar-refractivity contribution is -0.130. The second-order valence-corrected chi connectivity index (χ2v) is 7.05. The Kier molecular flexibility index (Phi) is 9.68. The molecule has 0 saturated heterocycles. The summed E-state index contributed by atoms with van der Waals surface area (Å²) in [5, 5.41) is 6.52. The van der Waals surface area contributed by atoms with E-state index in [1.807, 2.05) is 37.8 Å². The molecule has 27 heavy (non-hydrogen) atoms. The van der Waals surface area contributed by atoms with Gasteiger partial charge in [-0.3, -0.25) is 9.79 Å². The van der Waals surface area contributed by atoms with Gasteiger partial charge in [0.1, 0.15) is 5.75 Å². The van der Waals surface area contributed by atoms with Crippen LogP contribution in [0.5, 0.6) is 5.75 Å². The third kappa shape index (κ3) is 7.49. The normalized spacial score (nSPS) is 11.9. The van der Waals surface area contributed by atoms with Gasteiger partial charge in [-0.2, -0.15) is 0 Å². The van der Waals surface area contributed by atoms with E-state index < -0.39 is 0 Å². The maximum atomic E-state index is 12.1. The maximum absolute atomic E-state index is 12.1. The Morgan fingerprint density at radius 3 is 2.26 bits per heavy atom. The second kappa shape index (κ2) is 11.5. The van der Waals surface area contributed by atoms with Crippen LogP contribution in [0.3, 0.4) is 0 Å². The summed E-state index contributed by atoms with van der Waals surface area (Å²) in [7, 11) is 1.67. The van der Waals surface area contributed by atoms with Crippen LogP contribution in [0.15, 0.2) is 29.3 Å². The number of nitrogens with one attached hydrogen (secondary N) is 2. The van der Waals surface area contributed by atoms with Crippen molar-refractivity contribution in [2.24, 2.45) is 4.99 Å². The van der Waals surface area contributed by atoms with E-state index in [-0.39, 0.29) is 11.3 Å². The number of hydrogen-bond acceptors (Lipinski definition) is 3. The van der Waals surface area contributed by atoms with Crippen LogP contribution in [0.25, 0.3) is 0 Å². The summed E-state index contributed by atoms with van der Waals surface area (Å²) in [6.07, 6.45) is 0.466. The summed E-state index contributed by atoms with van der Waals surface area (Å²) in [5.74, 6) is 1.76. The number of hydrogen-bond donors (Lipinski definition) is 2. The Bertz CT molecular complexity index is 593. The number of methoxy groups -OCH3 is 1. The number of guanidine groups is 1. The number of ether oxygens (including phenoxy) is 1. The summed E-state index contributed by atoms with van der Waals surface area (Å²) >= 11 is 0. The fourth-order valence-corrected chi connectivity index (χ4v) is 2.77. The zero-order chi connectivity index (χ0) is 20.3. The maximum Gasteiger partial charge on any atom is 0.224 e. The van der Waals surface area contributed by atoms with Crippen molar-refractivity contribution in [3.05, 3.63) is 29.8 Å². The molecule has 0 heterocycles. The summed E-state index contributed by atoms with van der Waals surface area (Å²) in [5.41, 5.74) is 1.10.